The highest BCUT2D eigenvalue weighted by molar-refractivity contribution is 7.11. The predicted molar refractivity (Wildman–Crippen MR) is 72.3 cm³/mol. The minimum atomic E-state index is 0.470. The van der Waals surface area contributed by atoms with Crippen LogP contribution in [-0.2, 0) is 12.8 Å². The van der Waals surface area contributed by atoms with Gasteiger partial charge in [-0.15, -0.1) is 21.5 Å². The second-order valence-corrected chi connectivity index (χ2v) is 5.52. The molecule has 1 aromatic carbocycles. The maximum absolute atomic E-state index is 5.65. The Labute approximate surface area is 106 Å². The predicted octanol–water partition coefficient (Wildman–Crippen LogP) is 3.03. The van der Waals surface area contributed by atoms with Gasteiger partial charge in [0.05, 0.1) is 0 Å². The molecule has 4 heteroatoms. The van der Waals surface area contributed by atoms with E-state index in [1.54, 1.807) is 11.3 Å². The molecular formula is C13H17N3S. The van der Waals surface area contributed by atoms with Gasteiger partial charge < -0.3 is 5.73 Å². The number of hydrogen-bond acceptors (Lipinski definition) is 4. The Morgan fingerprint density at radius 2 is 1.82 bits per heavy atom. The molecule has 0 saturated carbocycles. The van der Waals surface area contributed by atoms with Gasteiger partial charge in [0.15, 0.2) is 0 Å². The van der Waals surface area contributed by atoms with Gasteiger partial charge in [-0.1, -0.05) is 26.0 Å². The van der Waals surface area contributed by atoms with Crippen LogP contribution in [0, 0.1) is 0 Å². The van der Waals surface area contributed by atoms with Gasteiger partial charge in [-0.2, -0.15) is 0 Å². The number of hydrogen-bond donors (Lipinski definition) is 1. The Hall–Kier alpha value is -1.42. The third-order valence-corrected chi connectivity index (χ3v) is 3.87. The van der Waals surface area contributed by atoms with E-state index in [9.17, 15) is 0 Å². The molecule has 17 heavy (non-hydrogen) atoms. The Balaban J connectivity index is 1.95. The van der Waals surface area contributed by atoms with Crippen LogP contribution in [0.1, 0.15) is 35.3 Å². The Morgan fingerprint density at radius 1 is 1.12 bits per heavy atom. The average molecular weight is 247 g/mol. The molecule has 3 nitrogen and oxygen atoms in total. The maximum atomic E-state index is 5.65. The first-order chi connectivity index (χ1) is 8.15. The summed E-state index contributed by atoms with van der Waals surface area (Å²) < 4.78 is 0. The van der Waals surface area contributed by atoms with Gasteiger partial charge in [0, 0.05) is 18.0 Å². The highest BCUT2D eigenvalue weighted by atomic mass is 32.1. The molecule has 0 aliphatic heterocycles. The fourth-order valence-corrected chi connectivity index (χ4v) is 2.38. The van der Waals surface area contributed by atoms with E-state index >= 15 is 0 Å². The third kappa shape index (κ3) is 3.27. The van der Waals surface area contributed by atoms with Crippen molar-refractivity contribution in [1.82, 2.24) is 10.2 Å². The number of rotatable bonds is 4. The van der Waals surface area contributed by atoms with Crippen molar-refractivity contribution in [1.29, 1.82) is 0 Å². The highest BCUT2D eigenvalue weighted by Crippen LogP contribution is 2.20. The van der Waals surface area contributed by atoms with Gasteiger partial charge >= 0.3 is 0 Å². The van der Waals surface area contributed by atoms with Crippen LogP contribution in [-0.4, -0.2) is 10.2 Å². The largest absolute Gasteiger partial charge is 0.399 e. The van der Waals surface area contributed by atoms with Gasteiger partial charge in [-0.05, 0) is 24.1 Å². The quantitative estimate of drug-likeness (QED) is 0.845. The molecule has 2 aromatic rings. The zero-order chi connectivity index (χ0) is 12.3. The van der Waals surface area contributed by atoms with Crippen molar-refractivity contribution in [3.05, 3.63) is 39.8 Å². The number of benzene rings is 1. The van der Waals surface area contributed by atoms with E-state index in [2.05, 4.69) is 36.2 Å². The van der Waals surface area contributed by atoms with Crippen LogP contribution in [0.25, 0.3) is 0 Å². The molecule has 0 aliphatic carbocycles. The van der Waals surface area contributed by atoms with Crippen molar-refractivity contribution in [2.75, 3.05) is 5.73 Å². The van der Waals surface area contributed by atoms with Gasteiger partial charge in [0.25, 0.3) is 0 Å². The van der Waals surface area contributed by atoms with Crippen molar-refractivity contribution in [2.45, 2.75) is 32.6 Å². The monoisotopic (exact) mass is 247 g/mol. The summed E-state index contributed by atoms with van der Waals surface area (Å²) in [7, 11) is 0. The first kappa shape index (κ1) is 12.0. The average Bonchev–Trinajstić information content (AvgIpc) is 2.77. The van der Waals surface area contributed by atoms with E-state index in [4.69, 9.17) is 5.73 Å². The van der Waals surface area contributed by atoms with Crippen LogP contribution in [0.15, 0.2) is 24.3 Å². The second kappa shape index (κ2) is 5.27. The van der Waals surface area contributed by atoms with Crippen LogP contribution < -0.4 is 5.73 Å². The molecule has 0 bridgehead atoms. The van der Waals surface area contributed by atoms with Crippen LogP contribution in [0.2, 0.25) is 0 Å². The van der Waals surface area contributed by atoms with Gasteiger partial charge in [0.2, 0.25) is 0 Å². The lowest BCUT2D eigenvalue weighted by atomic mass is 10.1. The third-order valence-electron chi connectivity index (χ3n) is 2.58. The smallest absolute Gasteiger partial charge is 0.119 e. The van der Waals surface area contributed by atoms with E-state index in [-0.39, 0.29) is 0 Å². The lowest BCUT2D eigenvalue weighted by molar-refractivity contribution is 0.813. The second-order valence-electron chi connectivity index (χ2n) is 4.43. The molecule has 2 rings (SSSR count). The number of nitrogens with zero attached hydrogens (tertiary/aromatic N) is 2. The minimum absolute atomic E-state index is 0.470. The SMILES string of the molecule is CC(C)c1nnc(CCc2ccc(N)cc2)s1. The van der Waals surface area contributed by atoms with Crippen molar-refractivity contribution in [2.24, 2.45) is 0 Å². The number of nitrogen functional groups attached to an aromatic ring is 1. The molecule has 0 fully saturated rings. The summed E-state index contributed by atoms with van der Waals surface area (Å²) >= 11 is 1.72. The van der Waals surface area contributed by atoms with Gasteiger partial charge in [0.1, 0.15) is 10.0 Å². The fraction of sp³-hybridized carbons (Fsp3) is 0.385. The van der Waals surface area contributed by atoms with Crippen LogP contribution in [0.4, 0.5) is 5.69 Å². The molecule has 0 unspecified atom stereocenters. The lowest BCUT2D eigenvalue weighted by Gasteiger charge is -1.99. The molecule has 0 radical (unpaired) electrons. The molecule has 0 amide bonds. The minimum Gasteiger partial charge on any atom is -0.399 e. The zero-order valence-electron chi connectivity index (χ0n) is 10.2. The fourth-order valence-electron chi connectivity index (χ4n) is 1.54. The molecule has 1 aromatic heterocycles. The topological polar surface area (TPSA) is 51.8 Å². The highest BCUT2D eigenvalue weighted by Gasteiger charge is 2.07. The summed E-state index contributed by atoms with van der Waals surface area (Å²) in [4.78, 5) is 0. The van der Waals surface area contributed by atoms with Crippen molar-refractivity contribution in [3.8, 4) is 0 Å². The maximum Gasteiger partial charge on any atom is 0.119 e. The Morgan fingerprint density at radius 3 is 2.41 bits per heavy atom. The summed E-state index contributed by atoms with van der Waals surface area (Å²) in [5.74, 6) is 0.470. The van der Waals surface area contributed by atoms with E-state index < -0.39 is 0 Å². The molecule has 0 aliphatic rings. The van der Waals surface area contributed by atoms with Gasteiger partial charge in [-0.3, -0.25) is 0 Å². The summed E-state index contributed by atoms with van der Waals surface area (Å²) in [6.07, 6.45) is 1.95. The molecule has 0 saturated heterocycles. The zero-order valence-corrected chi connectivity index (χ0v) is 11.0. The molecular weight excluding hydrogens is 230 g/mol. The lowest BCUT2D eigenvalue weighted by Crippen LogP contribution is -1.91. The number of aromatic nitrogens is 2. The first-order valence-corrected chi connectivity index (χ1v) is 6.63. The summed E-state index contributed by atoms with van der Waals surface area (Å²) in [5, 5.41) is 10.6. The van der Waals surface area contributed by atoms with Crippen LogP contribution >= 0.6 is 11.3 Å². The molecule has 0 atom stereocenters. The van der Waals surface area contributed by atoms with E-state index in [1.807, 2.05) is 12.1 Å². The van der Waals surface area contributed by atoms with Crippen molar-refractivity contribution < 1.29 is 0 Å². The molecule has 2 N–H and O–H groups in total. The first-order valence-electron chi connectivity index (χ1n) is 5.82. The Kier molecular flexibility index (Phi) is 3.74. The number of anilines is 1. The van der Waals surface area contributed by atoms with Crippen LogP contribution in [0.3, 0.4) is 0 Å². The number of nitrogens with two attached hydrogens (primary N) is 1. The summed E-state index contributed by atoms with van der Waals surface area (Å²) in [6.45, 7) is 4.29. The van der Waals surface area contributed by atoms with E-state index in [0.29, 0.717) is 5.92 Å². The standard InChI is InChI=1S/C13H17N3S/c1-9(2)13-16-15-12(17-13)8-5-10-3-6-11(14)7-4-10/h3-4,6-7,9H,5,8,14H2,1-2H3. The van der Waals surface area contributed by atoms with Crippen molar-refractivity contribution in [3.63, 3.8) is 0 Å². The summed E-state index contributed by atoms with van der Waals surface area (Å²) in [5.41, 5.74) is 7.75. The summed E-state index contributed by atoms with van der Waals surface area (Å²) in [6, 6.07) is 8.02. The number of aryl methyl sites for hydroxylation is 2. The molecule has 0 spiro atoms. The van der Waals surface area contributed by atoms with E-state index in [1.165, 1.54) is 5.56 Å². The van der Waals surface area contributed by atoms with Crippen LogP contribution in [0.5, 0.6) is 0 Å². The molecule has 1 heterocycles. The normalized spacial score (nSPS) is 11.0. The van der Waals surface area contributed by atoms with E-state index in [0.717, 1.165) is 28.5 Å². The molecule has 90 valence electrons. The Bertz CT molecular complexity index is 474. The van der Waals surface area contributed by atoms with Gasteiger partial charge in [-0.25, -0.2) is 0 Å². The van der Waals surface area contributed by atoms with Crippen molar-refractivity contribution >= 4 is 17.0 Å².